The summed E-state index contributed by atoms with van der Waals surface area (Å²) in [6.45, 7) is 12.8. The van der Waals surface area contributed by atoms with Crippen LogP contribution in [0, 0.1) is 0 Å². The van der Waals surface area contributed by atoms with Crippen molar-refractivity contribution in [1.82, 2.24) is 15.5 Å². The summed E-state index contributed by atoms with van der Waals surface area (Å²) in [5.41, 5.74) is 0.0461. The normalized spacial score (nSPS) is 14.9. The first kappa shape index (κ1) is 16.2. The molecule has 0 rings (SSSR count). The fourth-order valence-electron chi connectivity index (χ4n) is 1.42. The van der Waals surface area contributed by atoms with Crippen LogP contribution in [-0.4, -0.2) is 49.6 Å². The number of nitrogens with zero attached hydrogens (tertiary/aromatic N) is 2. The van der Waals surface area contributed by atoms with Crippen LogP contribution in [0.25, 0.3) is 0 Å². The number of aliphatic imine (C=N–C) groups is 1. The molecule has 102 valence electrons. The Balaban J connectivity index is 3.94. The lowest BCUT2D eigenvalue weighted by molar-refractivity contribution is 0.255. The smallest absolute Gasteiger partial charge is 0.191 e. The van der Waals surface area contributed by atoms with Gasteiger partial charge in [-0.25, -0.2) is 0 Å². The summed E-state index contributed by atoms with van der Waals surface area (Å²) in [7, 11) is 3.97. The molecule has 0 fully saturated rings. The highest BCUT2D eigenvalue weighted by Gasteiger charge is 2.12. The molecular formula is C13H30N4. The maximum Gasteiger partial charge on any atom is 0.191 e. The van der Waals surface area contributed by atoms with Gasteiger partial charge in [-0.05, 0) is 41.2 Å². The highest BCUT2D eigenvalue weighted by Crippen LogP contribution is 1.99. The molecule has 0 aromatic heterocycles. The third kappa shape index (κ3) is 8.02. The van der Waals surface area contributed by atoms with Crippen LogP contribution in [0.1, 0.15) is 41.0 Å². The molecule has 0 amide bonds. The van der Waals surface area contributed by atoms with Crippen LogP contribution >= 0.6 is 0 Å². The number of hydrogen-bond donors (Lipinski definition) is 2. The van der Waals surface area contributed by atoms with E-state index in [9.17, 15) is 0 Å². The fraction of sp³-hybridized carbons (Fsp3) is 0.923. The van der Waals surface area contributed by atoms with Gasteiger partial charge in [0.2, 0.25) is 0 Å². The second-order valence-corrected chi connectivity index (χ2v) is 5.61. The number of nitrogens with one attached hydrogen (secondary N) is 2. The highest BCUT2D eigenvalue weighted by molar-refractivity contribution is 5.80. The van der Waals surface area contributed by atoms with Gasteiger partial charge in [-0.3, -0.25) is 4.99 Å². The second-order valence-electron chi connectivity index (χ2n) is 5.61. The molecule has 0 aliphatic rings. The van der Waals surface area contributed by atoms with Crippen molar-refractivity contribution in [2.24, 2.45) is 4.99 Å². The van der Waals surface area contributed by atoms with Crippen molar-refractivity contribution in [3.8, 4) is 0 Å². The van der Waals surface area contributed by atoms with Gasteiger partial charge in [0.05, 0.1) is 0 Å². The topological polar surface area (TPSA) is 39.7 Å². The molecular weight excluding hydrogens is 212 g/mol. The molecule has 1 unspecified atom stereocenters. The van der Waals surface area contributed by atoms with Crippen molar-refractivity contribution in [1.29, 1.82) is 0 Å². The van der Waals surface area contributed by atoms with Gasteiger partial charge in [0, 0.05) is 31.7 Å². The van der Waals surface area contributed by atoms with Crippen molar-refractivity contribution in [3.63, 3.8) is 0 Å². The predicted molar refractivity (Wildman–Crippen MR) is 76.6 cm³/mol. The van der Waals surface area contributed by atoms with Crippen LogP contribution in [0.15, 0.2) is 4.99 Å². The van der Waals surface area contributed by atoms with Crippen LogP contribution in [0.3, 0.4) is 0 Å². The molecule has 0 spiro atoms. The van der Waals surface area contributed by atoms with Crippen LogP contribution in [0.4, 0.5) is 0 Å². The molecule has 0 bridgehead atoms. The second kappa shape index (κ2) is 7.54. The number of rotatable bonds is 5. The first-order valence-electron chi connectivity index (χ1n) is 6.49. The minimum atomic E-state index is 0.0461. The van der Waals surface area contributed by atoms with E-state index in [2.05, 4.69) is 62.2 Å². The summed E-state index contributed by atoms with van der Waals surface area (Å²) in [6, 6.07) is 0.634. The van der Waals surface area contributed by atoms with Gasteiger partial charge in [-0.2, -0.15) is 0 Å². The molecule has 0 saturated carbocycles. The third-order valence-corrected chi connectivity index (χ3v) is 2.82. The summed E-state index contributed by atoms with van der Waals surface area (Å²) in [5, 5.41) is 6.68. The van der Waals surface area contributed by atoms with E-state index >= 15 is 0 Å². The Morgan fingerprint density at radius 2 is 1.94 bits per heavy atom. The minimum Gasteiger partial charge on any atom is -0.355 e. The van der Waals surface area contributed by atoms with E-state index in [-0.39, 0.29) is 5.54 Å². The zero-order chi connectivity index (χ0) is 13.5. The molecule has 17 heavy (non-hydrogen) atoms. The molecule has 0 aromatic carbocycles. The Morgan fingerprint density at radius 1 is 1.35 bits per heavy atom. The first-order valence-corrected chi connectivity index (χ1v) is 6.49. The molecule has 0 heterocycles. The maximum atomic E-state index is 4.21. The van der Waals surface area contributed by atoms with Gasteiger partial charge in [-0.15, -0.1) is 0 Å². The lowest BCUT2D eigenvalue weighted by Crippen LogP contribution is -2.49. The van der Waals surface area contributed by atoms with Gasteiger partial charge in [0.15, 0.2) is 5.96 Å². The summed E-state index contributed by atoms with van der Waals surface area (Å²) >= 11 is 0. The first-order chi connectivity index (χ1) is 7.80. The van der Waals surface area contributed by atoms with E-state index in [1.54, 1.807) is 7.05 Å². The molecule has 0 saturated heterocycles. The van der Waals surface area contributed by atoms with E-state index in [4.69, 9.17) is 0 Å². The SMILES string of the molecule is CCC(C)N(C)CCNC(=NC)NC(C)(C)C. The Labute approximate surface area is 107 Å². The van der Waals surface area contributed by atoms with E-state index in [1.807, 2.05) is 0 Å². The van der Waals surface area contributed by atoms with Crippen LogP contribution in [0.2, 0.25) is 0 Å². The van der Waals surface area contributed by atoms with E-state index < -0.39 is 0 Å². The van der Waals surface area contributed by atoms with Gasteiger partial charge in [0.1, 0.15) is 0 Å². The molecule has 0 aliphatic heterocycles. The standard InChI is InChI=1S/C13H30N4/c1-8-11(2)17(7)10-9-15-12(14-6)16-13(3,4)5/h11H,8-10H2,1-7H3,(H2,14,15,16). The molecule has 2 N–H and O–H groups in total. The number of hydrogen-bond acceptors (Lipinski definition) is 2. The van der Waals surface area contributed by atoms with Gasteiger partial charge in [-0.1, -0.05) is 6.92 Å². The van der Waals surface area contributed by atoms with Crippen LogP contribution < -0.4 is 10.6 Å². The van der Waals surface area contributed by atoms with Crippen molar-refractivity contribution in [2.45, 2.75) is 52.6 Å². The minimum absolute atomic E-state index is 0.0461. The highest BCUT2D eigenvalue weighted by atomic mass is 15.2. The quantitative estimate of drug-likeness (QED) is 0.569. The Hall–Kier alpha value is -0.770. The van der Waals surface area contributed by atoms with Crippen molar-refractivity contribution in [3.05, 3.63) is 0 Å². The zero-order valence-corrected chi connectivity index (χ0v) is 12.6. The average Bonchev–Trinajstić information content (AvgIpc) is 2.24. The molecule has 1 atom stereocenters. The summed E-state index contributed by atoms with van der Waals surface area (Å²) in [5.74, 6) is 0.870. The Kier molecular flexibility index (Phi) is 7.19. The Bertz CT molecular complexity index is 230. The largest absolute Gasteiger partial charge is 0.355 e. The summed E-state index contributed by atoms with van der Waals surface area (Å²) in [6.07, 6.45) is 1.19. The molecule has 0 aromatic rings. The monoisotopic (exact) mass is 242 g/mol. The number of likely N-dealkylation sites (N-methyl/N-ethyl adjacent to an activating group) is 1. The van der Waals surface area contributed by atoms with E-state index in [0.29, 0.717) is 6.04 Å². The summed E-state index contributed by atoms with van der Waals surface area (Å²) < 4.78 is 0. The average molecular weight is 242 g/mol. The van der Waals surface area contributed by atoms with Crippen molar-refractivity contribution < 1.29 is 0 Å². The van der Waals surface area contributed by atoms with Crippen molar-refractivity contribution >= 4 is 5.96 Å². The molecule has 4 heteroatoms. The molecule has 0 radical (unpaired) electrons. The molecule has 0 aliphatic carbocycles. The lowest BCUT2D eigenvalue weighted by Gasteiger charge is -2.26. The van der Waals surface area contributed by atoms with Crippen LogP contribution in [-0.2, 0) is 0 Å². The summed E-state index contributed by atoms with van der Waals surface area (Å²) in [4.78, 5) is 6.57. The zero-order valence-electron chi connectivity index (χ0n) is 12.6. The van der Waals surface area contributed by atoms with E-state index in [0.717, 1.165) is 19.0 Å². The number of guanidine groups is 1. The Morgan fingerprint density at radius 3 is 2.35 bits per heavy atom. The van der Waals surface area contributed by atoms with Gasteiger partial charge >= 0.3 is 0 Å². The third-order valence-electron chi connectivity index (χ3n) is 2.82. The fourth-order valence-corrected chi connectivity index (χ4v) is 1.42. The van der Waals surface area contributed by atoms with Gasteiger partial charge in [0.25, 0.3) is 0 Å². The predicted octanol–water partition coefficient (Wildman–Crippen LogP) is 1.68. The van der Waals surface area contributed by atoms with Gasteiger partial charge < -0.3 is 15.5 Å². The van der Waals surface area contributed by atoms with Crippen LogP contribution in [0.5, 0.6) is 0 Å². The van der Waals surface area contributed by atoms with E-state index in [1.165, 1.54) is 6.42 Å². The maximum absolute atomic E-state index is 4.21. The lowest BCUT2D eigenvalue weighted by atomic mass is 10.1. The van der Waals surface area contributed by atoms with Crippen molar-refractivity contribution in [2.75, 3.05) is 27.2 Å². The molecule has 4 nitrogen and oxygen atoms in total.